The van der Waals surface area contributed by atoms with Gasteiger partial charge in [-0.3, -0.25) is 0 Å². The number of cyclic esters (lactones) is 2. The molecule has 109 valence electrons. The van der Waals surface area contributed by atoms with E-state index >= 15 is 0 Å². The third kappa shape index (κ3) is 2.67. The number of ether oxygens (including phenoxy) is 3. The molecule has 2 aliphatic rings. The second-order valence-corrected chi connectivity index (χ2v) is 8.86. The van der Waals surface area contributed by atoms with Gasteiger partial charge < -0.3 is 0 Å². The second-order valence-electron chi connectivity index (χ2n) is 5.83. The van der Waals surface area contributed by atoms with E-state index in [0.29, 0.717) is 6.42 Å². The zero-order valence-electron chi connectivity index (χ0n) is 12.1. The Balaban J connectivity index is 2.08. The molecule has 0 aromatic carbocycles. The number of hydrogen-bond acceptors (Lipinski definition) is 5. The van der Waals surface area contributed by atoms with E-state index in [1.54, 1.807) is 13.8 Å². The van der Waals surface area contributed by atoms with Crippen molar-refractivity contribution >= 4 is 25.1 Å². The molecule has 2 saturated heterocycles. The molecule has 2 fully saturated rings. The molecular formula is C12H17B2IO5-. The summed E-state index contributed by atoms with van der Waals surface area (Å²) in [5.41, 5.74) is -1.66. The van der Waals surface area contributed by atoms with Gasteiger partial charge in [0.1, 0.15) is 0 Å². The van der Waals surface area contributed by atoms with Gasteiger partial charge in [0.15, 0.2) is 0 Å². The number of carbonyl (C=O) groups excluding carboxylic acids is 2. The van der Waals surface area contributed by atoms with Crippen LogP contribution in [0.4, 0.5) is 4.79 Å². The van der Waals surface area contributed by atoms with Crippen molar-refractivity contribution in [3.8, 4) is 0 Å². The molecule has 8 heteroatoms. The Hall–Kier alpha value is -0.400. The quantitative estimate of drug-likeness (QED) is 0.231. The van der Waals surface area contributed by atoms with E-state index in [1.165, 1.54) is 0 Å². The van der Waals surface area contributed by atoms with Crippen molar-refractivity contribution in [3.05, 3.63) is 0 Å². The van der Waals surface area contributed by atoms with E-state index in [9.17, 15) is 9.59 Å². The van der Waals surface area contributed by atoms with Crippen LogP contribution in [0.2, 0.25) is 0 Å². The van der Waals surface area contributed by atoms with Crippen LogP contribution in [0.3, 0.4) is 0 Å². The number of rotatable bonds is 5. The van der Waals surface area contributed by atoms with Crippen LogP contribution in [0.15, 0.2) is 0 Å². The van der Waals surface area contributed by atoms with Crippen molar-refractivity contribution in [1.82, 2.24) is 0 Å². The summed E-state index contributed by atoms with van der Waals surface area (Å²) in [6.07, 6.45) is -0.712. The average Bonchev–Trinajstić information content (AvgIpc) is 2.96. The van der Waals surface area contributed by atoms with Gasteiger partial charge in [-0.1, -0.05) is 0 Å². The Morgan fingerprint density at radius 2 is 2.20 bits per heavy atom. The fourth-order valence-corrected chi connectivity index (χ4v) is 4.27. The predicted octanol–water partition coefficient (Wildman–Crippen LogP) is -2.20. The summed E-state index contributed by atoms with van der Waals surface area (Å²) in [7, 11) is 6.21. The Bertz CT molecular complexity index is 438. The number of esters is 1. The van der Waals surface area contributed by atoms with Gasteiger partial charge in [0.2, 0.25) is 0 Å². The minimum atomic E-state index is -0.941. The summed E-state index contributed by atoms with van der Waals surface area (Å²) in [5, 5.41) is 2.03. The molecule has 0 bridgehead atoms. The van der Waals surface area contributed by atoms with Gasteiger partial charge >= 0.3 is 131 Å². The first-order valence-corrected chi connectivity index (χ1v) is 8.82. The maximum absolute atomic E-state index is 12.6. The molecule has 0 saturated carbocycles. The summed E-state index contributed by atoms with van der Waals surface area (Å²) in [6, 6.07) is 0. The van der Waals surface area contributed by atoms with Gasteiger partial charge in [0.05, 0.1) is 0 Å². The van der Waals surface area contributed by atoms with Crippen LogP contribution in [0.5, 0.6) is 0 Å². The first-order chi connectivity index (χ1) is 9.14. The molecule has 2 heterocycles. The summed E-state index contributed by atoms with van der Waals surface area (Å²) >= 11 is -0.258. The molecule has 3 atom stereocenters. The van der Waals surface area contributed by atoms with E-state index in [4.69, 9.17) is 22.1 Å². The van der Waals surface area contributed by atoms with Gasteiger partial charge in [-0.15, -0.1) is 0 Å². The van der Waals surface area contributed by atoms with Crippen molar-refractivity contribution in [2.45, 2.75) is 49.0 Å². The van der Waals surface area contributed by atoms with Crippen molar-refractivity contribution in [2.24, 2.45) is 5.41 Å². The third-order valence-corrected chi connectivity index (χ3v) is 7.22. The number of halogens is 1. The zero-order valence-corrected chi connectivity index (χ0v) is 14.2. The molecule has 3 radical (unpaired) electrons. The van der Waals surface area contributed by atoms with Crippen LogP contribution in [-0.2, 0) is 19.0 Å². The molecule has 0 aromatic heterocycles. The normalized spacial score (nSPS) is 32.0. The Morgan fingerprint density at radius 1 is 1.60 bits per heavy atom. The molecule has 5 nitrogen and oxygen atoms in total. The van der Waals surface area contributed by atoms with Crippen LogP contribution in [0.1, 0.15) is 34.1 Å². The molecule has 20 heavy (non-hydrogen) atoms. The first kappa shape index (κ1) is 16.0. The van der Waals surface area contributed by atoms with Gasteiger partial charge in [-0.2, -0.15) is 0 Å². The third-order valence-electron chi connectivity index (χ3n) is 4.07. The molecule has 0 spiro atoms. The topological polar surface area (TPSA) is 61.8 Å². The van der Waals surface area contributed by atoms with Gasteiger partial charge in [0.25, 0.3) is 0 Å². The van der Waals surface area contributed by atoms with E-state index in [0.717, 1.165) is 0 Å². The molecule has 0 amide bonds. The standard InChI is InChI=1S/C12H17B2IO5/c1-5-11(4,12(13)14-15-12)8(16)20-10(2,3)7-6-18-9(17)19-7/h7H,5-6H2,1-4H3/q-1. The van der Waals surface area contributed by atoms with Crippen molar-refractivity contribution in [3.63, 3.8) is 0 Å². The van der Waals surface area contributed by atoms with E-state index < -0.39 is 26.5 Å². The number of carbonyl (C=O) groups is 2. The maximum atomic E-state index is 12.6. The van der Waals surface area contributed by atoms with E-state index in [2.05, 4.69) is 0 Å². The Labute approximate surface area is 131 Å². The van der Waals surface area contributed by atoms with Gasteiger partial charge in [-0.25, -0.2) is 0 Å². The fourth-order valence-electron chi connectivity index (χ4n) is 1.96. The van der Waals surface area contributed by atoms with Gasteiger partial charge in [-0.05, 0) is 0 Å². The van der Waals surface area contributed by atoms with Crippen LogP contribution in [0.25, 0.3) is 0 Å². The SMILES string of the molecule is [B]C1(C(C)(CC)C(=O)OC(C)(C)C2COC(=O)O2)[B][I-]1. The van der Waals surface area contributed by atoms with Crippen molar-refractivity contribution < 1.29 is 44.8 Å². The van der Waals surface area contributed by atoms with Crippen LogP contribution in [0, 0.1) is 5.41 Å². The van der Waals surface area contributed by atoms with Crippen LogP contribution >= 0.6 is 0 Å². The summed E-state index contributed by atoms with van der Waals surface area (Å²) in [4.78, 5) is 23.6. The van der Waals surface area contributed by atoms with Gasteiger partial charge in [0, 0.05) is 0 Å². The number of hydrogen-bond donors (Lipinski definition) is 0. The molecule has 0 N–H and O–H groups in total. The van der Waals surface area contributed by atoms with E-state index in [1.807, 2.05) is 19.0 Å². The van der Waals surface area contributed by atoms with Crippen LogP contribution in [-0.4, -0.2) is 46.6 Å². The van der Waals surface area contributed by atoms with Crippen molar-refractivity contribution in [1.29, 1.82) is 0 Å². The molecular weight excluding hydrogens is 373 g/mol. The molecule has 2 aliphatic heterocycles. The fraction of sp³-hybridized carbons (Fsp3) is 0.833. The second kappa shape index (κ2) is 5.10. The summed E-state index contributed by atoms with van der Waals surface area (Å²) in [6.45, 7) is 7.28. The van der Waals surface area contributed by atoms with E-state index in [-0.39, 0.29) is 33.6 Å². The monoisotopic (exact) mass is 390 g/mol. The minimum absolute atomic E-state index is 0.0920. The average molecular weight is 390 g/mol. The predicted molar refractivity (Wildman–Crippen MR) is 69.0 cm³/mol. The summed E-state index contributed by atoms with van der Waals surface area (Å²) in [5.74, 6) is -0.344. The molecule has 0 aromatic rings. The van der Waals surface area contributed by atoms with Crippen LogP contribution < -0.4 is 21.0 Å². The number of alkyl halides is 1. The Kier molecular flexibility index (Phi) is 4.08. The molecule has 2 rings (SSSR count). The molecule has 0 aliphatic carbocycles. The Morgan fingerprint density at radius 3 is 2.60 bits per heavy atom. The zero-order chi connectivity index (χ0) is 15.2. The molecule has 3 unspecified atom stereocenters. The summed E-state index contributed by atoms with van der Waals surface area (Å²) < 4.78 is 14.9. The first-order valence-electron chi connectivity index (χ1n) is 6.49. The van der Waals surface area contributed by atoms with Crippen molar-refractivity contribution in [2.75, 3.05) is 6.61 Å².